The number of anilines is 1. The molecule has 106 valence electrons. The van der Waals surface area contributed by atoms with Gasteiger partial charge in [0.25, 0.3) is 0 Å². The van der Waals surface area contributed by atoms with Crippen molar-refractivity contribution in [3.63, 3.8) is 0 Å². The van der Waals surface area contributed by atoms with Gasteiger partial charge in [-0.2, -0.15) is 0 Å². The lowest BCUT2D eigenvalue weighted by atomic mass is 10.1. The molecule has 1 aromatic rings. The van der Waals surface area contributed by atoms with E-state index in [4.69, 9.17) is 4.74 Å². The van der Waals surface area contributed by atoms with Gasteiger partial charge in [-0.05, 0) is 30.2 Å². The van der Waals surface area contributed by atoms with Crippen LogP contribution in [0.3, 0.4) is 0 Å². The summed E-state index contributed by atoms with van der Waals surface area (Å²) < 4.78 is 6.60. The van der Waals surface area contributed by atoms with E-state index < -0.39 is 0 Å². The summed E-state index contributed by atoms with van der Waals surface area (Å²) in [5.74, 6) is 0. The van der Waals surface area contributed by atoms with Crippen LogP contribution < -0.4 is 10.2 Å². The van der Waals surface area contributed by atoms with Crippen molar-refractivity contribution in [1.29, 1.82) is 0 Å². The second-order valence-electron chi connectivity index (χ2n) is 5.40. The number of nitrogens with one attached hydrogen (secondary N) is 1. The normalized spacial score (nSPS) is 19.4. The van der Waals surface area contributed by atoms with Crippen molar-refractivity contribution in [2.24, 2.45) is 0 Å². The molecule has 19 heavy (non-hydrogen) atoms. The van der Waals surface area contributed by atoms with Gasteiger partial charge in [-0.3, -0.25) is 0 Å². The van der Waals surface area contributed by atoms with Gasteiger partial charge in [0.1, 0.15) is 0 Å². The number of ether oxygens (including phenoxy) is 1. The monoisotopic (exact) mass is 326 g/mol. The maximum Gasteiger partial charge on any atom is 0.0762 e. The van der Waals surface area contributed by atoms with Crippen molar-refractivity contribution in [3.05, 3.63) is 28.2 Å². The molecule has 0 spiro atoms. The zero-order chi connectivity index (χ0) is 13.8. The van der Waals surface area contributed by atoms with E-state index in [2.05, 4.69) is 58.2 Å². The van der Waals surface area contributed by atoms with E-state index in [0.717, 1.165) is 30.5 Å². The highest BCUT2D eigenvalue weighted by Crippen LogP contribution is 2.28. The van der Waals surface area contributed by atoms with Gasteiger partial charge in [0.15, 0.2) is 0 Å². The highest BCUT2D eigenvalue weighted by Gasteiger charge is 2.23. The van der Waals surface area contributed by atoms with Crippen molar-refractivity contribution in [2.75, 3.05) is 25.1 Å². The van der Waals surface area contributed by atoms with Gasteiger partial charge < -0.3 is 15.0 Å². The van der Waals surface area contributed by atoms with Crippen LogP contribution in [-0.4, -0.2) is 32.3 Å². The van der Waals surface area contributed by atoms with Crippen LogP contribution in [0, 0.1) is 0 Å². The van der Waals surface area contributed by atoms with Gasteiger partial charge >= 0.3 is 0 Å². The standard InChI is InChI=1S/C15H23BrN2O/c1-11(2)17-9-12-8-13(16)4-5-15(12)18-7-6-14(10-18)19-3/h4-5,8,11,14,17H,6-7,9-10H2,1-3H3. The summed E-state index contributed by atoms with van der Waals surface area (Å²) in [6.45, 7) is 7.32. The number of benzene rings is 1. The molecular formula is C15H23BrN2O. The molecule has 1 fully saturated rings. The number of hydrogen-bond donors (Lipinski definition) is 1. The maximum atomic E-state index is 5.46. The molecule has 0 aromatic heterocycles. The molecule has 0 bridgehead atoms. The van der Waals surface area contributed by atoms with Crippen LogP contribution in [0.1, 0.15) is 25.8 Å². The first kappa shape index (κ1) is 14.8. The van der Waals surface area contributed by atoms with Crippen LogP contribution in [0.4, 0.5) is 5.69 Å². The number of rotatable bonds is 5. The molecule has 0 amide bonds. The van der Waals surface area contributed by atoms with Crippen LogP contribution in [0.15, 0.2) is 22.7 Å². The van der Waals surface area contributed by atoms with E-state index in [1.165, 1.54) is 11.3 Å². The molecule has 1 atom stereocenters. The maximum absolute atomic E-state index is 5.46. The number of hydrogen-bond acceptors (Lipinski definition) is 3. The van der Waals surface area contributed by atoms with Crippen molar-refractivity contribution in [1.82, 2.24) is 5.32 Å². The summed E-state index contributed by atoms with van der Waals surface area (Å²) >= 11 is 3.57. The summed E-state index contributed by atoms with van der Waals surface area (Å²) in [6, 6.07) is 7.04. The predicted octanol–water partition coefficient (Wildman–Crippen LogP) is 3.17. The Bertz CT molecular complexity index is 423. The Hall–Kier alpha value is -0.580. The molecule has 0 saturated carbocycles. The average molecular weight is 327 g/mol. The fraction of sp³-hybridized carbons (Fsp3) is 0.600. The minimum absolute atomic E-state index is 0.370. The van der Waals surface area contributed by atoms with Gasteiger partial charge in [-0.25, -0.2) is 0 Å². The Balaban J connectivity index is 2.14. The molecule has 1 N–H and O–H groups in total. The SMILES string of the molecule is COC1CCN(c2ccc(Br)cc2CNC(C)C)C1. The van der Waals surface area contributed by atoms with Crippen LogP contribution in [-0.2, 0) is 11.3 Å². The van der Waals surface area contributed by atoms with E-state index in [0.29, 0.717) is 12.1 Å². The molecule has 0 aliphatic carbocycles. The summed E-state index contributed by atoms with van der Waals surface area (Å²) in [4.78, 5) is 2.43. The zero-order valence-corrected chi connectivity index (χ0v) is 13.5. The second kappa shape index (κ2) is 6.73. The highest BCUT2D eigenvalue weighted by molar-refractivity contribution is 9.10. The van der Waals surface area contributed by atoms with E-state index in [1.54, 1.807) is 7.11 Å². The van der Waals surface area contributed by atoms with Crippen LogP contribution in [0.25, 0.3) is 0 Å². The Morgan fingerprint density at radius 3 is 2.89 bits per heavy atom. The van der Waals surface area contributed by atoms with E-state index >= 15 is 0 Å². The van der Waals surface area contributed by atoms with Gasteiger partial charge in [0, 0.05) is 42.9 Å². The largest absolute Gasteiger partial charge is 0.380 e. The topological polar surface area (TPSA) is 24.5 Å². The van der Waals surface area contributed by atoms with Gasteiger partial charge in [-0.15, -0.1) is 0 Å². The Labute approximate surface area is 124 Å². The molecule has 4 heteroatoms. The first-order chi connectivity index (χ1) is 9.10. The van der Waals surface area contributed by atoms with Crippen LogP contribution in [0.5, 0.6) is 0 Å². The molecule has 1 heterocycles. The first-order valence-corrected chi connectivity index (χ1v) is 7.69. The third-order valence-electron chi connectivity index (χ3n) is 3.56. The van der Waals surface area contributed by atoms with Crippen LogP contribution >= 0.6 is 15.9 Å². The lowest BCUT2D eigenvalue weighted by molar-refractivity contribution is 0.121. The second-order valence-corrected chi connectivity index (χ2v) is 6.32. The summed E-state index contributed by atoms with van der Waals surface area (Å²) in [7, 11) is 1.80. The average Bonchev–Trinajstić information content (AvgIpc) is 2.85. The molecule has 1 aliphatic heterocycles. The van der Waals surface area contributed by atoms with E-state index in [1.807, 2.05) is 0 Å². The smallest absolute Gasteiger partial charge is 0.0762 e. The Morgan fingerprint density at radius 2 is 2.26 bits per heavy atom. The summed E-state index contributed by atoms with van der Waals surface area (Å²) in [6.07, 6.45) is 1.48. The molecule has 1 aromatic carbocycles. The van der Waals surface area contributed by atoms with Gasteiger partial charge in [0.05, 0.1) is 6.10 Å². The molecule has 2 rings (SSSR count). The third kappa shape index (κ3) is 3.94. The fourth-order valence-electron chi connectivity index (χ4n) is 2.46. The molecule has 0 radical (unpaired) electrons. The molecule has 1 aliphatic rings. The van der Waals surface area contributed by atoms with Crippen LogP contribution in [0.2, 0.25) is 0 Å². The summed E-state index contributed by atoms with van der Waals surface area (Å²) in [5, 5.41) is 3.50. The molecule has 3 nitrogen and oxygen atoms in total. The lowest BCUT2D eigenvalue weighted by Gasteiger charge is -2.23. The summed E-state index contributed by atoms with van der Waals surface area (Å²) in [5.41, 5.74) is 2.68. The van der Waals surface area contributed by atoms with Crippen molar-refractivity contribution in [3.8, 4) is 0 Å². The minimum Gasteiger partial charge on any atom is -0.380 e. The molecule has 1 saturated heterocycles. The fourth-order valence-corrected chi connectivity index (χ4v) is 2.87. The number of methoxy groups -OCH3 is 1. The minimum atomic E-state index is 0.370. The van der Waals surface area contributed by atoms with Gasteiger partial charge in [-0.1, -0.05) is 29.8 Å². The highest BCUT2D eigenvalue weighted by atomic mass is 79.9. The Morgan fingerprint density at radius 1 is 1.47 bits per heavy atom. The van der Waals surface area contributed by atoms with E-state index in [-0.39, 0.29) is 0 Å². The Kier molecular flexibility index (Phi) is 5.25. The van der Waals surface area contributed by atoms with Gasteiger partial charge in [0.2, 0.25) is 0 Å². The van der Waals surface area contributed by atoms with Crippen molar-refractivity contribution in [2.45, 2.75) is 39.0 Å². The number of halogens is 1. The number of nitrogens with zero attached hydrogens (tertiary/aromatic N) is 1. The third-order valence-corrected chi connectivity index (χ3v) is 4.05. The van der Waals surface area contributed by atoms with Crippen molar-refractivity contribution >= 4 is 21.6 Å². The lowest BCUT2D eigenvalue weighted by Crippen LogP contribution is -2.26. The molecular weight excluding hydrogens is 304 g/mol. The first-order valence-electron chi connectivity index (χ1n) is 6.89. The quantitative estimate of drug-likeness (QED) is 0.899. The zero-order valence-electron chi connectivity index (χ0n) is 11.9. The van der Waals surface area contributed by atoms with E-state index in [9.17, 15) is 0 Å². The predicted molar refractivity (Wildman–Crippen MR) is 83.7 cm³/mol. The van der Waals surface area contributed by atoms with Crippen molar-refractivity contribution < 1.29 is 4.74 Å². The molecule has 1 unspecified atom stereocenters.